The molecule has 0 N–H and O–H groups in total. The molecule has 11 rings (SSSR count). The van der Waals surface area contributed by atoms with Gasteiger partial charge in [-0.1, -0.05) is 128 Å². The quantitative estimate of drug-likeness (QED) is 0.213. The van der Waals surface area contributed by atoms with E-state index in [4.69, 9.17) is 0 Å². The van der Waals surface area contributed by atoms with Gasteiger partial charge in [0.15, 0.2) is 0 Å². The Kier molecular flexibility index (Phi) is 15.4. The molecule has 11 aliphatic rings. The summed E-state index contributed by atoms with van der Waals surface area (Å²) in [5.74, 6) is 10.6. The maximum absolute atomic E-state index is 3.49. The molecular weight excluding hydrogens is 769 g/mol. The van der Waals surface area contributed by atoms with Crippen LogP contribution in [0.1, 0.15) is 263 Å². The Morgan fingerprint density at radius 3 is 1.19 bits per heavy atom. The summed E-state index contributed by atoms with van der Waals surface area (Å²) in [4.78, 5) is 6.86. The average Bonchev–Trinajstić information content (AvgIpc) is 3.56. The minimum absolute atomic E-state index is 0.900. The van der Waals surface area contributed by atoms with Crippen molar-refractivity contribution in [1.29, 1.82) is 0 Å². The highest BCUT2D eigenvalue weighted by Crippen LogP contribution is 2.58. The highest BCUT2D eigenvalue weighted by molar-refractivity contribution is 8.00. The first kappa shape index (κ1) is 44.8. The molecule has 1 saturated heterocycles. The molecule has 352 valence electrons. The van der Waals surface area contributed by atoms with E-state index < -0.39 is 0 Å². The summed E-state index contributed by atoms with van der Waals surface area (Å²) in [5.41, 5.74) is 0. The standard InChI is InChI=1S/C59H100N2S/c1-3-14-42(15-4-1)45-29-36-50(37-30-45)60(51-38-31-46(32-39-51)43-16-5-2-6-17-43)52-40-33-47(34-41-52)44-19-11-21-49(35-28-44)61(56-25-12-20-48-18-7-8-22-53(48)56)57-26-13-24-55-54-23-9-10-27-58(54)62-59(55)57/h42-59H,1-41H2. The van der Waals surface area contributed by atoms with Gasteiger partial charge in [-0.3, -0.25) is 9.80 Å². The molecule has 10 atom stereocenters. The summed E-state index contributed by atoms with van der Waals surface area (Å²) >= 11 is 2.59. The first-order valence-corrected chi connectivity index (χ1v) is 30.9. The Labute approximate surface area is 388 Å². The predicted molar refractivity (Wildman–Crippen MR) is 266 cm³/mol. The highest BCUT2D eigenvalue weighted by Gasteiger charge is 2.53. The van der Waals surface area contributed by atoms with Gasteiger partial charge >= 0.3 is 0 Å². The van der Waals surface area contributed by atoms with Gasteiger partial charge in [-0.05, 0) is 194 Å². The molecule has 1 heterocycles. The molecule has 62 heavy (non-hydrogen) atoms. The van der Waals surface area contributed by atoms with Crippen molar-refractivity contribution in [2.45, 2.75) is 310 Å². The van der Waals surface area contributed by atoms with Crippen molar-refractivity contribution >= 4 is 11.8 Å². The van der Waals surface area contributed by atoms with Crippen LogP contribution in [0.2, 0.25) is 0 Å². The van der Waals surface area contributed by atoms with E-state index in [9.17, 15) is 0 Å². The first-order chi connectivity index (χ1) is 30.7. The van der Waals surface area contributed by atoms with Crippen LogP contribution in [0.3, 0.4) is 0 Å². The molecule has 11 fully saturated rings. The van der Waals surface area contributed by atoms with Gasteiger partial charge in [0.1, 0.15) is 0 Å². The first-order valence-electron chi connectivity index (χ1n) is 30.0. The lowest BCUT2D eigenvalue weighted by molar-refractivity contribution is -0.0330. The van der Waals surface area contributed by atoms with E-state index in [-0.39, 0.29) is 0 Å². The van der Waals surface area contributed by atoms with E-state index >= 15 is 0 Å². The van der Waals surface area contributed by atoms with E-state index in [1.807, 2.05) is 0 Å². The van der Waals surface area contributed by atoms with Crippen LogP contribution in [0, 0.1) is 59.2 Å². The van der Waals surface area contributed by atoms with Crippen LogP contribution in [0.5, 0.6) is 0 Å². The second kappa shape index (κ2) is 21.3. The van der Waals surface area contributed by atoms with Crippen molar-refractivity contribution in [3.8, 4) is 0 Å². The van der Waals surface area contributed by atoms with Crippen molar-refractivity contribution in [2.24, 2.45) is 59.2 Å². The molecule has 0 spiro atoms. The number of nitrogens with zero attached hydrogens (tertiary/aromatic N) is 2. The van der Waals surface area contributed by atoms with E-state index in [0.717, 1.165) is 106 Å². The fourth-order valence-electron chi connectivity index (χ4n) is 20.0. The van der Waals surface area contributed by atoms with Gasteiger partial charge in [-0.15, -0.1) is 0 Å². The zero-order valence-electron chi connectivity index (χ0n) is 40.7. The number of hydrogen-bond acceptors (Lipinski definition) is 3. The molecule has 0 aromatic heterocycles. The van der Waals surface area contributed by atoms with Crippen molar-refractivity contribution in [3.63, 3.8) is 0 Å². The summed E-state index contributed by atoms with van der Waals surface area (Å²) in [5, 5.41) is 2.00. The van der Waals surface area contributed by atoms with E-state index in [2.05, 4.69) is 21.6 Å². The van der Waals surface area contributed by atoms with Crippen molar-refractivity contribution in [2.75, 3.05) is 0 Å². The van der Waals surface area contributed by atoms with Crippen LogP contribution in [-0.4, -0.2) is 56.6 Å². The van der Waals surface area contributed by atoms with Crippen LogP contribution in [-0.2, 0) is 0 Å². The zero-order chi connectivity index (χ0) is 41.2. The van der Waals surface area contributed by atoms with Crippen LogP contribution >= 0.6 is 11.8 Å². The van der Waals surface area contributed by atoms with Crippen LogP contribution < -0.4 is 0 Å². The third-order valence-electron chi connectivity index (χ3n) is 23.0. The number of thioether (sulfide) groups is 1. The molecule has 0 aromatic rings. The molecule has 0 radical (unpaired) electrons. The Balaban J connectivity index is 0.753. The smallest absolute Gasteiger partial charge is 0.0237 e. The summed E-state index contributed by atoms with van der Waals surface area (Å²) in [6.07, 6.45) is 63.8. The maximum atomic E-state index is 3.49. The fourth-order valence-corrected chi connectivity index (χ4v) is 22.2. The predicted octanol–water partition coefficient (Wildman–Crippen LogP) is 16.6. The van der Waals surface area contributed by atoms with Gasteiger partial charge in [0.2, 0.25) is 0 Å². The van der Waals surface area contributed by atoms with Crippen molar-refractivity contribution in [3.05, 3.63) is 0 Å². The largest absolute Gasteiger partial charge is 0.294 e. The lowest BCUT2D eigenvalue weighted by Crippen LogP contribution is -2.59. The van der Waals surface area contributed by atoms with Gasteiger partial charge in [0.05, 0.1) is 0 Å². The van der Waals surface area contributed by atoms with Crippen LogP contribution in [0.4, 0.5) is 0 Å². The molecule has 10 unspecified atom stereocenters. The van der Waals surface area contributed by atoms with Crippen LogP contribution in [0.15, 0.2) is 0 Å². The SMILES string of the molecule is C1CCC(C2CCC(N(C3CCC(C4CCCCC4)CC3)C3CCC(C4CCCC(N(C5CCCC6CCCCC65)C5CCCC6C7CCCCC7SC65)CC4)CC3)CC2)CC1. The molecular formula is C59H100N2S. The summed E-state index contributed by atoms with van der Waals surface area (Å²) < 4.78 is 0. The minimum Gasteiger partial charge on any atom is -0.294 e. The van der Waals surface area contributed by atoms with Crippen molar-refractivity contribution < 1.29 is 0 Å². The molecule has 0 bridgehead atoms. The fraction of sp³-hybridized carbons (Fsp3) is 1.00. The molecule has 2 nitrogen and oxygen atoms in total. The third kappa shape index (κ3) is 9.76. The van der Waals surface area contributed by atoms with Crippen LogP contribution in [0.25, 0.3) is 0 Å². The minimum atomic E-state index is 0.900. The summed E-state index contributed by atoms with van der Waals surface area (Å²) in [6, 6.07) is 5.49. The van der Waals surface area contributed by atoms with Gasteiger partial charge in [-0.2, -0.15) is 11.8 Å². The van der Waals surface area contributed by atoms with Gasteiger partial charge < -0.3 is 0 Å². The molecule has 3 heteroatoms. The Bertz CT molecular complexity index is 1310. The van der Waals surface area contributed by atoms with E-state index in [1.54, 1.807) is 205 Å². The number of rotatable bonds is 9. The molecule has 1 aliphatic heterocycles. The van der Waals surface area contributed by atoms with E-state index in [1.165, 1.54) is 57.8 Å². The second-order valence-electron chi connectivity index (χ2n) is 25.8. The zero-order valence-corrected chi connectivity index (χ0v) is 41.5. The monoisotopic (exact) mass is 869 g/mol. The lowest BCUT2D eigenvalue weighted by Gasteiger charge is -2.54. The van der Waals surface area contributed by atoms with Crippen molar-refractivity contribution in [1.82, 2.24) is 9.80 Å². The Hall–Kier alpha value is 0.270. The second-order valence-corrected chi connectivity index (χ2v) is 27.2. The summed E-state index contributed by atoms with van der Waals surface area (Å²) in [7, 11) is 0. The topological polar surface area (TPSA) is 6.48 Å². The highest BCUT2D eigenvalue weighted by atomic mass is 32.2. The Morgan fingerprint density at radius 2 is 0.597 bits per heavy atom. The lowest BCUT2D eigenvalue weighted by atomic mass is 9.66. The molecule has 10 aliphatic carbocycles. The summed E-state index contributed by atoms with van der Waals surface area (Å²) in [6.45, 7) is 0. The number of hydrogen-bond donors (Lipinski definition) is 0. The third-order valence-corrected chi connectivity index (χ3v) is 24.9. The van der Waals surface area contributed by atoms with Gasteiger partial charge in [0.25, 0.3) is 0 Å². The molecule has 0 amide bonds. The van der Waals surface area contributed by atoms with Gasteiger partial charge in [-0.25, -0.2) is 0 Å². The maximum Gasteiger partial charge on any atom is 0.0237 e. The van der Waals surface area contributed by atoms with Gasteiger partial charge in [0, 0.05) is 46.8 Å². The Morgan fingerprint density at radius 1 is 0.226 bits per heavy atom. The van der Waals surface area contributed by atoms with E-state index in [0.29, 0.717) is 0 Å². The molecule has 10 saturated carbocycles. The average molecular weight is 870 g/mol. The normalized spacial score (nSPS) is 46.7. The molecule has 0 aromatic carbocycles. The number of fused-ring (bicyclic) bond motifs is 4.